The quantitative estimate of drug-likeness (QED) is 0.618. The number of fused-ring (bicyclic) bond motifs is 1. The van der Waals surface area contributed by atoms with Crippen molar-refractivity contribution < 1.29 is 19.4 Å². The van der Waals surface area contributed by atoms with Gasteiger partial charge in [-0.25, -0.2) is 19.2 Å². The van der Waals surface area contributed by atoms with E-state index in [4.69, 9.17) is 5.11 Å². The summed E-state index contributed by atoms with van der Waals surface area (Å²) in [6.07, 6.45) is -0.450. The summed E-state index contributed by atoms with van der Waals surface area (Å²) in [4.78, 5) is 21.9. The number of hydrogen-bond donors (Lipinski definition) is 3. The number of nitrogens with one attached hydrogen (secondary N) is 1. The van der Waals surface area contributed by atoms with E-state index >= 15 is 0 Å². The molecule has 0 aliphatic carbocycles. The Morgan fingerprint density at radius 2 is 2.00 bits per heavy atom. The summed E-state index contributed by atoms with van der Waals surface area (Å²) >= 11 is 0. The number of phenolic OH excluding ortho intramolecular Hbond substituents is 1. The van der Waals surface area contributed by atoms with Crippen LogP contribution in [0.3, 0.4) is 0 Å². The number of nitrogens with zero attached hydrogens (tertiary/aromatic N) is 3. The van der Waals surface area contributed by atoms with Gasteiger partial charge >= 0.3 is 6.09 Å². The van der Waals surface area contributed by atoms with Crippen molar-refractivity contribution in [2.45, 2.75) is 12.5 Å². The third-order valence-corrected chi connectivity index (χ3v) is 4.60. The highest BCUT2D eigenvalue weighted by Gasteiger charge is 2.27. The van der Waals surface area contributed by atoms with E-state index in [0.717, 1.165) is 0 Å². The number of para-hydroxylation sites is 1. The van der Waals surface area contributed by atoms with Gasteiger partial charge in [-0.2, -0.15) is 0 Å². The van der Waals surface area contributed by atoms with Crippen LogP contribution in [0, 0.1) is 5.82 Å². The van der Waals surface area contributed by atoms with Crippen molar-refractivity contribution in [3.8, 4) is 17.1 Å². The molecule has 7 nitrogen and oxygen atoms in total. The van der Waals surface area contributed by atoms with E-state index in [1.807, 2.05) is 4.90 Å². The molecule has 4 rings (SSSR count). The SMILES string of the molecule is Cl.O=C(O)N[C@@H]1CCN(c2nc(-c3ccccc3O)nc3ccc(F)cc23)C1. The highest BCUT2D eigenvalue weighted by Crippen LogP contribution is 2.33. The zero-order valence-electron chi connectivity index (χ0n) is 14.7. The number of rotatable bonds is 3. The zero-order valence-corrected chi connectivity index (χ0v) is 15.5. The molecular weight excluding hydrogens is 387 g/mol. The van der Waals surface area contributed by atoms with Crippen LogP contribution in [-0.2, 0) is 0 Å². The van der Waals surface area contributed by atoms with Crippen molar-refractivity contribution in [3.63, 3.8) is 0 Å². The normalized spacial score (nSPS) is 16.0. The standard InChI is InChI=1S/C19H17FN4O3.ClH/c20-11-5-6-15-14(9-11)18(24-8-7-12(10-24)21-19(26)27)23-17(22-15)13-3-1-2-4-16(13)25;/h1-6,9,12,21,25H,7-8,10H2,(H,26,27);1H/t12-;/m1./s1. The van der Waals surface area contributed by atoms with Gasteiger partial charge in [-0.1, -0.05) is 12.1 Å². The van der Waals surface area contributed by atoms with Gasteiger partial charge in [0, 0.05) is 18.5 Å². The largest absolute Gasteiger partial charge is 0.507 e. The van der Waals surface area contributed by atoms with Gasteiger partial charge in [-0.3, -0.25) is 0 Å². The molecule has 2 heterocycles. The molecule has 1 aliphatic heterocycles. The monoisotopic (exact) mass is 404 g/mol. The lowest BCUT2D eigenvalue weighted by molar-refractivity contribution is 0.191. The highest BCUT2D eigenvalue weighted by molar-refractivity contribution is 5.91. The summed E-state index contributed by atoms with van der Waals surface area (Å²) < 4.78 is 13.8. The summed E-state index contributed by atoms with van der Waals surface area (Å²) in [5, 5.41) is 22.1. The smallest absolute Gasteiger partial charge is 0.404 e. The molecule has 9 heteroatoms. The first-order valence-corrected chi connectivity index (χ1v) is 8.51. The fourth-order valence-electron chi connectivity index (χ4n) is 3.35. The molecule has 1 atom stereocenters. The van der Waals surface area contributed by atoms with Crippen LogP contribution in [0.2, 0.25) is 0 Å². The summed E-state index contributed by atoms with van der Waals surface area (Å²) in [5.74, 6) is 0.503. The number of carboxylic acid groups (broad SMARTS) is 1. The topological polar surface area (TPSA) is 98.6 Å². The first-order valence-electron chi connectivity index (χ1n) is 8.51. The van der Waals surface area contributed by atoms with Crippen LogP contribution in [0.15, 0.2) is 42.5 Å². The van der Waals surface area contributed by atoms with Gasteiger partial charge in [-0.15, -0.1) is 12.4 Å². The molecule has 1 saturated heterocycles. The average molecular weight is 405 g/mol. The summed E-state index contributed by atoms with van der Waals surface area (Å²) in [7, 11) is 0. The van der Waals surface area contributed by atoms with Gasteiger partial charge in [0.2, 0.25) is 0 Å². The Hall–Kier alpha value is -3.13. The molecular formula is C19H18ClFN4O3. The van der Waals surface area contributed by atoms with E-state index in [9.17, 15) is 14.3 Å². The number of phenols is 1. The van der Waals surface area contributed by atoms with Gasteiger partial charge in [0.05, 0.1) is 17.1 Å². The van der Waals surface area contributed by atoms with Gasteiger partial charge in [-0.05, 0) is 36.8 Å². The Bertz CT molecular complexity index is 1030. The van der Waals surface area contributed by atoms with Crippen molar-refractivity contribution >= 4 is 35.2 Å². The third-order valence-electron chi connectivity index (χ3n) is 4.60. The third kappa shape index (κ3) is 3.77. The van der Waals surface area contributed by atoms with Crippen molar-refractivity contribution in [1.29, 1.82) is 0 Å². The van der Waals surface area contributed by atoms with E-state index in [1.54, 1.807) is 30.3 Å². The maximum atomic E-state index is 13.8. The van der Waals surface area contributed by atoms with E-state index in [-0.39, 0.29) is 24.2 Å². The molecule has 146 valence electrons. The number of aromatic nitrogens is 2. The predicted molar refractivity (Wildman–Crippen MR) is 106 cm³/mol. The van der Waals surface area contributed by atoms with Crippen LogP contribution in [0.4, 0.5) is 15.0 Å². The lowest BCUT2D eigenvalue weighted by Crippen LogP contribution is -2.36. The van der Waals surface area contributed by atoms with Crippen LogP contribution in [-0.4, -0.2) is 45.4 Å². The number of amides is 1. The maximum absolute atomic E-state index is 13.8. The van der Waals surface area contributed by atoms with Gasteiger partial charge < -0.3 is 20.4 Å². The second-order valence-electron chi connectivity index (χ2n) is 6.43. The van der Waals surface area contributed by atoms with Crippen LogP contribution in [0.5, 0.6) is 5.75 Å². The Kier molecular flexibility index (Phi) is 5.51. The molecule has 1 aromatic heterocycles. The fraction of sp³-hybridized carbons (Fsp3) is 0.211. The molecule has 1 amide bonds. The van der Waals surface area contributed by atoms with Gasteiger partial charge in [0.15, 0.2) is 5.82 Å². The van der Waals surface area contributed by atoms with Crippen LogP contribution >= 0.6 is 12.4 Å². The molecule has 1 fully saturated rings. The second kappa shape index (κ2) is 7.85. The highest BCUT2D eigenvalue weighted by atomic mass is 35.5. The number of hydrogen-bond acceptors (Lipinski definition) is 5. The minimum absolute atomic E-state index is 0. The second-order valence-corrected chi connectivity index (χ2v) is 6.43. The minimum atomic E-state index is -1.07. The Balaban J connectivity index is 0.00000225. The zero-order chi connectivity index (χ0) is 19.0. The Morgan fingerprint density at radius 1 is 1.21 bits per heavy atom. The number of benzene rings is 2. The van der Waals surface area contributed by atoms with Crippen LogP contribution in [0.1, 0.15) is 6.42 Å². The first kappa shape index (κ1) is 19.6. The van der Waals surface area contributed by atoms with Crippen molar-refractivity contribution in [1.82, 2.24) is 15.3 Å². The Labute approximate surface area is 166 Å². The summed E-state index contributed by atoms with van der Waals surface area (Å²) in [6, 6.07) is 10.8. The molecule has 0 radical (unpaired) electrons. The van der Waals surface area contributed by atoms with E-state index in [1.165, 1.54) is 12.1 Å². The minimum Gasteiger partial charge on any atom is -0.507 e. The number of halogens is 2. The molecule has 0 bridgehead atoms. The lowest BCUT2D eigenvalue weighted by Gasteiger charge is -2.20. The van der Waals surface area contributed by atoms with Crippen molar-refractivity contribution in [2.24, 2.45) is 0 Å². The number of carbonyl (C=O) groups is 1. The Morgan fingerprint density at radius 3 is 2.75 bits per heavy atom. The number of anilines is 1. The maximum Gasteiger partial charge on any atom is 0.404 e. The predicted octanol–water partition coefficient (Wildman–Crippen LogP) is 3.41. The van der Waals surface area contributed by atoms with Crippen molar-refractivity contribution in [3.05, 3.63) is 48.3 Å². The van der Waals surface area contributed by atoms with Crippen LogP contribution < -0.4 is 10.2 Å². The van der Waals surface area contributed by atoms with Gasteiger partial charge in [0.25, 0.3) is 0 Å². The molecule has 0 saturated carbocycles. The summed E-state index contributed by atoms with van der Waals surface area (Å²) in [6.45, 7) is 1.00. The first-order chi connectivity index (χ1) is 13.0. The molecule has 28 heavy (non-hydrogen) atoms. The van der Waals surface area contributed by atoms with Gasteiger partial charge in [0.1, 0.15) is 17.4 Å². The molecule has 2 aromatic carbocycles. The molecule has 3 aromatic rings. The number of aromatic hydroxyl groups is 1. The average Bonchev–Trinajstić information content (AvgIpc) is 3.09. The molecule has 1 aliphatic rings. The van der Waals surface area contributed by atoms with Crippen LogP contribution in [0.25, 0.3) is 22.3 Å². The molecule has 3 N–H and O–H groups in total. The van der Waals surface area contributed by atoms with E-state index in [0.29, 0.717) is 47.6 Å². The van der Waals surface area contributed by atoms with E-state index in [2.05, 4.69) is 15.3 Å². The lowest BCUT2D eigenvalue weighted by atomic mass is 10.1. The van der Waals surface area contributed by atoms with Crippen molar-refractivity contribution in [2.75, 3.05) is 18.0 Å². The molecule has 0 spiro atoms. The fourth-order valence-corrected chi connectivity index (χ4v) is 3.35. The van der Waals surface area contributed by atoms with E-state index < -0.39 is 11.9 Å². The summed E-state index contributed by atoms with van der Waals surface area (Å²) in [5.41, 5.74) is 1.03. The molecule has 0 unspecified atom stereocenters.